The Kier molecular flexibility index (Phi) is 5.03. The first-order chi connectivity index (χ1) is 8.65. The third-order valence-corrected chi connectivity index (χ3v) is 4.12. The van der Waals surface area contributed by atoms with Gasteiger partial charge in [0.1, 0.15) is 0 Å². The Hall–Kier alpha value is -0.580. The molecule has 1 heterocycles. The highest BCUT2D eigenvalue weighted by Crippen LogP contribution is 2.22. The number of nitrogens with one attached hydrogen (secondary N) is 1. The van der Waals surface area contributed by atoms with Crippen molar-refractivity contribution in [1.29, 1.82) is 0 Å². The summed E-state index contributed by atoms with van der Waals surface area (Å²) in [7, 11) is 2.19. The number of aryl methyl sites for hydroxylation is 1. The molecule has 0 atom stereocenters. The van der Waals surface area contributed by atoms with E-state index >= 15 is 0 Å². The third-order valence-electron chi connectivity index (χ3n) is 3.46. The van der Waals surface area contributed by atoms with E-state index in [1.54, 1.807) is 0 Å². The summed E-state index contributed by atoms with van der Waals surface area (Å²) >= 11 is 3.60. The van der Waals surface area contributed by atoms with Crippen molar-refractivity contribution in [3.8, 4) is 0 Å². The summed E-state index contributed by atoms with van der Waals surface area (Å²) in [6.45, 7) is 8.99. The fourth-order valence-corrected chi connectivity index (χ4v) is 2.82. The number of piperazine rings is 1. The van der Waals surface area contributed by atoms with Crippen LogP contribution in [0.2, 0.25) is 0 Å². The lowest BCUT2D eigenvalue weighted by Crippen LogP contribution is -2.45. The van der Waals surface area contributed by atoms with Crippen molar-refractivity contribution in [2.45, 2.75) is 6.92 Å². The van der Waals surface area contributed by atoms with E-state index in [2.05, 4.69) is 63.2 Å². The smallest absolute Gasteiger partial charge is 0.0485 e. The van der Waals surface area contributed by atoms with E-state index in [0.717, 1.165) is 17.6 Å². The lowest BCUT2D eigenvalue weighted by atomic mass is 10.2. The minimum absolute atomic E-state index is 1.01. The predicted molar refractivity (Wildman–Crippen MR) is 81.3 cm³/mol. The maximum atomic E-state index is 3.60. The van der Waals surface area contributed by atoms with Crippen LogP contribution in [0.3, 0.4) is 0 Å². The molecule has 1 aromatic carbocycles. The number of benzene rings is 1. The summed E-state index contributed by atoms with van der Waals surface area (Å²) in [5.41, 5.74) is 2.47. The standard InChI is InChI=1S/C14H22BrN3/c1-12-3-4-14(13(15)11-12)16-5-6-18-9-7-17(2)8-10-18/h3-4,11,16H,5-10H2,1-2H3. The van der Waals surface area contributed by atoms with Gasteiger partial charge in [0.2, 0.25) is 0 Å². The number of hydrogen-bond donors (Lipinski definition) is 1. The molecule has 1 saturated heterocycles. The summed E-state index contributed by atoms with van der Waals surface area (Å²) in [5, 5.41) is 3.50. The molecule has 0 amide bonds. The fourth-order valence-electron chi connectivity index (χ4n) is 2.18. The summed E-state index contributed by atoms with van der Waals surface area (Å²) in [4.78, 5) is 4.91. The van der Waals surface area contributed by atoms with Crippen molar-refractivity contribution in [3.05, 3.63) is 28.2 Å². The topological polar surface area (TPSA) is 18.5 Å². The molecule has 1 aliphatic rings. The van der Waals surface area contributed by atoms with Gasteiger partial charge in [-0.25, -0.2) is 0 Å². The van der Waals surface area contributed by atoms with Crippen LogP contribution >= 0.6 is 15.9 Å². The monoisotopic (exact) mass is 311 g/mol. The molecule has 18 heavy (non-hydrogen) atoms. The van der Waals surface area contributed by atoms with Gasteiger partial charge < -0.3 is 10.2 Å². The number of hydrogen-bond acceptors (Lipinski definition) is 3. The highest BCUT2D eigenvalue weighted by molar-refractivity contribution is 9.10. The zero-order chi connectivity index (χ0) is 13.0. The van der Waals surface area contributed by atoms with E-state index in [1.165, 1.54) is 37.4 Å². The fraction of sp³-hybridized carbons (Fsp3) is 0.571. The van der Waals surface area contributed by atoms with Crippen LogP contribution in [0.25, 0.3) is 0 Å². The second-order valence-electron chi connectivity index (χ2n) is 5.05. The quantitative estimate of drug-likeness (QED) is 0.921. The van der Waals surface area contributed by atoms with Gasteiger partial charge in [-0.3, -0.25) is 4.90 Å². The average molecular weight is 312 g/mol. The molecule has 100 valence electrons. The lowest BCUT2D eigenvalue weighted by molar-refractivity contribution is 0.158. The van der Waals surface area contributed by atoms with E-state index in [9.17, 15) is 0 Å². The molecule has 2 rings (SSSR count). The lowest BCUT2D eigenvalue weighted by Gasteiger charge is -2.32. The van der Waals surface area contributed by atoms with Gasteiger partial charge in [-0.2, -0.15) is 0 Å². The van der Waals surface area contributed by atoms with Crippen molar-refractivity contribution in [2.75, 3.05) is 51.6 Å². The number of rotatable bonds is 4. The maximum Gasteiger partial charge on any atom is 0.0485 e. The molecule has 0 aliphatic carbocycles. The molecule has 1 aromatic rings. The molecule has 1 fully saturated rings. The first-order valence-corrected chi connectivity index (χ1v) is 7.35. The van der Waals surface area contributed by atoms with Gasteiger partial charge in [0, 0.05) is 49.4 Å². The molecule has 0 unspecified atom stereocenters. The van der Waals surface area contributed by atoms with E-state index in [0.29, 0.717) is 0 Å². The van der Waals surface area contributed by atoms with Crippen molar-refractivity contribution in [3.63, 3.8) is 0 Å². The van der Waals surface area contributed by atoms with Crippen LogP contribution in [0.15, 0.2) is 22.7 Å². The predicted octanol–water partition coefficient (Wildman–Crippen LogP) is 2.42. The zero-order valence-corrected chi connectivity index (χ0v) is 12.8. The van der Waals surface area contributed by atoms with Gasteiger partial charge in [-0.05, 0) is 47.6 Å². The van der Waals surface area contributed by atoms with Crippen molar-refractivity contribution >= 4 is 21.6 Å². The Bertz CT molecular complexity index is 387. The highest BCUT2D eigenvalue weighted by atomic mass is 79.9. The molecule has 1 N–H and O–H groups in total. The number of nitrogens with zero attached hydrogens (tertiary/aromatic N) is 2. The van der Waals surface area contributed by atoms with Crippen LogP contribution in [-0.4, -0.2) is 56.1 Å². The third kappa shape index (κ3) is 3.97. The average Bonchev–Trinajstić information content (AvgIpc) is 2.34. The molecule has 0 bridgehead atoms. The molecular weight excluding hydrogens is 290 g/mol. The highest BCUT2D eigenvalue weighted by Gasteiger charge is 2.12. The van der Waals surface area contributed by atoms with Gasteiger partial charge in [-0.15, -0.1) is 0 Å². The summed E-state index contributed by atoms with van der Waals surface area (Å²) in [5.74, 6) is 0. The molecular formula is C14H22BrN3. The molecule has 0 aromatic heterocycles. The second-order valence-corrected chi connectivity index (χ2v) is 5.91. The van der Waals surface area contributed by atoms with Crippen LogP contribution in [0.5, 0.6) is 0 Å². The molecule has 1 aliphatic heterocycles. The van der Waals surface area contributed by atoms with Crippen LogP contribution in [-0.2, 0) is 0 Å². The molecule has 0 saturated carbocycles. The van der Waals surface area contributed by atoms with Crippen molar-refractivity contribution < 1.29 is 0 Å². The van der Waals surface area contributed by atoms with E-state index < -0.39 is 0 Å². The van der Waals surface area contributed by atoms with Crippen LogP contribution < -0.4 is 5.32 Å². The SMILES string of the molecule is Cc1ccc(NCCN2CCN(C)CC2)c(Br)c1. The molecule has 0 radical (unpaired) electrons. The normalized spacial score (nSPS) is 17.9. The van der Waals surface area contributed by atoms with Crippen molar-refractivity contribution in [2.24, 2.45) is 0 Å². The Labute approximate surface area is 118 Å². The molecule has 0 spiro atoms. The number of anilines is 1. The summed E-state index contributed by atoms with van der Waals surface area (Å²) < 4.78 is 1.15. The van der Waals surface area contributed by atoms with Gasteiger partial charge in [-0.1, -0.05) is 6.07 Å². The summed E-state index contributed by atoms with van der Waals surface area (Å²) in [6.07, 6.45) is 0. The molecule has 3 nitrogen and oxygen atoms in total. The first-order valence-electron chi connectivity index (χ1n) is 6.56. The minimum atomic E-state index is 1.01. The van der Waals surface area contributed by atoms with Crippen LogP contribution in [0.4, 0.5) is 5.69 Å². The largest absolute Gasteiger partial charge is 0.383 e. The number of likely N-dealkylation sites (N-methyl/N-ethyl adjacent to an activating group) is 1. The first kappa shape index (κ1) is 13.8. The minimum Gasteiger partial charge on any atom is -0.383 e. The van der Waals surface area contributed by atoms with Gasteiger partial charge >= 0.3 is 0 Å². The Morgan fingerprint density at radius 3 is 2.61 bits per heavy atom. The van der Waals surface area contributed by atoms with E-state index in [-0.39, 0.29) is 0 Å². The van der Waals surface area contributed by atoms with E-state index in [1.807, 2.05) is 0 Å². The van der Waals surface area contributed by atoms with Crippen LogP contribution in [0, 0.1) is 6.92 Å². The van der Waals surface area contributed by atoms with E-state index in [4.69, 9.17) is 0 Å². The molecule has 4 heteroatoms. The van der Waals surface area contributed by atoms with Crippen LogP contribution in [0.1, 0.15) is 5.56 Å². The Morgan fingerprint density at radius 1 is 1.22 bits per heavy atom. The zero-order valence-electron chi connectivity index (χ0n) is 11.2. The maximum absolute atomic E-state index is 3.60. The Balaban J connectivity index is 1.75. The Morgan fingerprint density at radius 2 is 1.94 bits per heavy atom. The van der Waals surface area contributed by atoms with Gasteiger partial charge in [0.15, 0.2) is 0 Å². The van der Waals surface area contributed by atoms with Gasteiger partial charge in [0.25, 0.3) is 0 Å². The number of halogens is 1. The summed E-state index contributed by atoms with van der Waals surface area (Å²) in [6, 6.07) is 6.44. The second kappa shape index (κ2) is 6.55. The van der Waals surface area contributed by atoms with Crippen molar-refractivity contribution in [1.82, 2.24) is 9.80 Å². The van der Waals surface area contributed by atoms with Gasteiger partial charge in [0.05, 0.1) is 0 Å².